The van der Waals surface area contributed by atoms with Gasteiger partial charge in [-0.25, -0.2) is 0 Å². The summed E-state index contributed by atoms with van der Waals surface area (Å²) in [5.74, 6) is 0.705. The van der Waals surface area contributed by atoms with Gasteiger partial charge in [0.15, 0.2) is 0 Å². The summed E-state index contributed by atoms with van der Waals surface area (Å²) >= 11 is 0. The standard InChI is InChI=1S/C23H27N3O3/c1-25(2)21-15-26(12-11-23(21,28)17-7-5-4-6-8-17)22(27)20-14-16-13-18(29-3)9-10-19(16)24-20/h4-10,13-14,21,24,28H,11-12,15H2,1-3H3/t21-,23+/m1/s1. The van der Waals surface area contributed by atoms with Crippen LogP contribution in [-0.2, 0) is 5.60 Å². The minimum absolute atomic E-state index is 0.0536. The summed E-state index contributed by atoms with van der Waals surface area (Å²) in [6.45, 7) is 0.948. The number of aromatic amines is 1. The Balaban J connectivity index is 1.60. The first-order chi connectivity index (χ1) is 13.9. The van der Waals surface area contributed by atoms with Crippen LogP contribution in [-0.4, -0.2) is 66.1 Å². The molecular weight excluding hydrogens is 366 g/mol. The lowest BCUT2D eigenvalue weighted by molar-refractivity contribution is -0.0811. The van der Waals surface area contributed by atoms with Gasteiger partial charge in [0.25, 0.3) is 5.91 Å². The molecule has 6 heteroatoms. The molecule has 1 aromatic heterocycles. The molecular formula is C23H27N3O3. The molecule has 2 atom stereocenters. The number of likely N-dealkylation sites (tertiary alicyclic amines) is 1. The average Bonchev–Trinajstić information content (AvgIpc) is 3.17. The topological polar surface area (TPSA) is 68.8 Å². The molecule has 6 nitrogen and oxygen atoms in total. The Morgan fingerprint density at radius 3 is 2.66 bits per heavy atom. The number of carbonyl (C=O) groups is 1. The molecule has 0 radical (unpaired) electrons. The monoisotopic (exact) mass is 393 g/mol. The summed E-state index contributed by atoms with van der Waals surface area (Å²) in [6, 6.07) is 17.1. The lowest BCUT2D eigenvalue weighted by Gasteiger charge is -2.47. The summed E-state index contributed by atoms with van der Waals surface area (Å²) < 4.78 is 5.27. The van der Waals surface area contributed by atoms with E-state index in [2.05, 4.69) is 4.98 Å². The van der Waals surface area contributed by atoms with E-state index in [9.17, 15) is 9.90 Å². The number of fused-ring (bicyclic) bond motifs is 1. The van der Waals surface area contributed by atoms with Gasteiger partial charge in [-0.15, -0.1) is 0 Å². The van der Waals surface area contributed by atoms with Crippen LogP contribution in [0, 0.1) is 0 Å². The molecule has 2 aromatic carbocycles. The SMILES string of the molecule is COc1ccc2[nH]c(C(=O)N3CC[C@](O)(c4ccccc4)[C@H](N(C)C)C3)cc2c1. The lowest BCUT2D eigenvalue weighted by Crippen LogP contribution is -2.60. The zero-order chi connectivity index (χ0) is 20.6. The fraction of sp³-hybridized carbons (Fsp3) is 0.348. The van der Waals surface area contributed by atoms with Gasteiger partial charge in [0.2, 0.25) is 0 Å². The van der Waals surface area contributed by atoms with Crippen LogP contribution in [0.2, 0.25) is 0 Å². The normalized spacial score (nSPS) is 22.2. The number of nitrogens with one attached hydrogen (secondary N) is 1. The predicted octanol–water partition coefficient (Wildman–Crippen LogP) is 2.84. The first kappa shape index (κ1) is 19.5. The quantitative estimate of drug-likeness (QED) is 0.715. The maximum atomic E-state index is 13.2. The highest BCUT2D eigenvalue weighted by Gasteiger charge is 2.45. The van der Waals surface area contributed by atoms with E-state index in [4.69, 9.17) is 4.74 Å². The fourth-order valence-electron chi connectivity index (χ4n) is 4.28. The Morgan fingerprint density at radius 2 is 1.97 bits per heavy atom. The third kappa shape index (κ3) is 3.50. The number of rotatable bonds is 4. The summed E-state index contributed by atoms with van der Waals surface area (Å²) in [4.78, 5) is 20.2. The Bertz CT molecular complexity index is 1010. The number of ether oxygens (including phenoxy) is 1. The third-order valence-corrected chi connectivity index (χ3v) is 5.95. The second kappa shape index (κ2) is 7.54. The number of aromatic nitrogens is 1. The van der Waals surface area contributed by atoms with Gasteiger partial charge < -0.3 is 24.6 Å². The number of hydrogen-bond acceptors (Lipinski definition) is 4. The van der Waals surface area contributed by atoms with E-state index < -0.39 is 5.60 Å². The summed E-state index contributed by atoms with van der Waals surface area (Å²) in [5.41, 5.74) is 1.35. The van der Waals surface area contributed by atoms with Crippen molar-refractivity contribution >= 4 is 16.8 Å². The van der Waals surface area contributed by atoms with Crippen LogP contribution >= 0.6 is 0 Å². The van der Waals surface area contributed by atoms with Crippen LogP contribution in [0.3, 0.4) is 0 Å². The van der Waals surface area contributed by atoms with Gasteiger partial charge in [0.1, 0.15) is 17.0 Å². The van der Waals surface area contributed by atoms with Crippen LogP contribution in [0.4, 0.5) is 0 Å². The van der Waals surface area contributed by atoms with Crippen LogP contribution in [0.1, 0.15) is 22.5 Å². The van der Waals surface area contributed by atoms with Crippen molar-refractivity contribution < 1.29 is 14.6 Å². The molecule has 0 aliphatic carbocycles. The number of benzene rings is 2. The average molecular weight is 393 g/mol. The second-order valence-electron chi connectivity index (χ2n) is 7.91. The smallest absolute Gasteiger partial charge is 0.270 e. The minimum atomic E-state index is -0.991. The number of hydrogen-bond donors (Lipinski definition) is 2. The fourth-order valence-corrected chi connectivity index (χ4v) is 4.28. The lowest BCUT2D eigenvalue weighted by atomic mass is 9.79. The number of carbonyl (C=O) groups excluding carboxylic acids is 1. The molecule has 4 rings (SSSR count). The van der Waals surface area contributed by atoms with Crippen molar-refractivity contribution in [3.05, 3.63) is 65.9 Å². The van der Waals surface area contributed by atoms with E-state index >= 15 is 0 Å². The number of likely N-dealkylation sites (N-methyl/N-ethyl adjacent to an activating group) is 1. The highest BCUT2D eigenvalue weighted by atomic mass is 16.5. The van der Waals surface area contributed by atoms with Gasteiger partial charge in [0, 0.05) is 24.0 Å². The molecule has 0 spiro atoms. The molecule has 1 aliphatic rings. The maximum absolute atomic E-state index is 13.2. The summed E-state index contributed by atoms with van der Waals surface area (Å²) in [5, 5.41) is 12.5. The van der Waals surface area contributed by atoms with Crippen molar-refractivity contribution in [2.45, 2.75) is 18.1 Å². The van der Waals surface area contributed by atoms with E-state index in [1.807, 2.05) is 78.5 Å². The number of methoxy groups -OCH3 is 1. The molecule has 3 aromatic rings. The number of amides is 1. The molecule has 1 saturated heterocycles. The van der Waals surface area contributed by atoms with E-state index in [1.165, 1.54) is 0 Å². The van der Waals surface area contributed by atoms with Crippen molar-refractivity contribution in [3.63, 3.8) is 0 Å². The van der Waals surface area contributed by atoms with Crippen molar-refractivity contribution in [2.24, 2.45) is 0 Å². The van der Waals surface area contributed by atoms with Crippen molar-refractivity contribution in [2.75, 3.05) is 34.3 Å². The van der Waals surface area contributed by atoms with Crippen LogP contribution in [0.15, 0.2) is 54.6 Å². The first-order valence-corrected chi connectivity index (χ1v) is 9.83. The Hall–Kier alpha value is -2.83. The molecule has 0 bridgehead atoms. The van der Waals surface area contributed by atoms with E-state index in [0.717, 1.165) is 22.2 Å². The van der Waals surface area contributed by atoms with Gasteiger partial charge >= 0.3 is 0 Å². The molecule has 0 saturated carbocycles. The molecule has 2 N–H and O–H groups in total. The Morgan fingerprint density at radius 1 is 1.21 bits per heavy atom. The number of piperidine rings is 1. The van der Waals surface area contributed by atoms with Crippen molar-refractivity contribution in [1.82, 2.24) is 14.8 Å². The highest BCUT2D eigenvalue weighted by molar-refractivity contribution is 5.98. The minimum Gasteiger partial charge on any atom is -0.497 e. The number of aliphatic hydroxyl groups is 1. The van der Waals surface area contributed by atoms with Gasteiger partial charge in [-0.3, -0.25) is 4.79 Å². The number of nitrogens with zero attached hydrogens (tertiary/aromatic N) is 2. The zero-order valence-corrected chi connectivity index (χ0v) is 17.1. The third-order valence-electron chi connectivity index (χ3n) is 5.95. The van der Waals surface area contributed by atoms with E-state index in [0.29, 0.717) is 25.2 Å². The first-order valence-electron chi connectivity index (χ1n) is 9.83. The van der Waals surface area contributed by atoms with Gasteiger partial charge in [-0.2, -0.15) is 0 Å². The number of H-pyrrole nitrogens is 1. The molecule has 1 aliphatic heterocycles. The zero-order valence-electron chi connectivity index (χ0n) is 17.1. The summed E-state index contributed by atoms with van der Waals surface area (Å²) in [7, 11) is 5.52. The van der Waals surface area contributed by atoms with Gasteiger partial charge in [-0.05, 0) is 50.3 Å². The molecule has 1 amide bonds. The van der Waals surface area contributed by atoms with E-state index in [1.54, 1.807) is 7.11 Å². The molecule has 29 heavy (non-hydrogen) atoms. The van der Waals surface area contributed by atoms with Crippen LogP contribution in [0.25, 0.3) is 10.9 Å². The van der Waals surface area contributed by atoms with Crippen LogP contribution < -0.4 is 4.74 Å². The Labute approximate surface area is 170 Å². The van der Waals surface area contributed by atoms with Gasteiger partial charge in [-0.1, -0.05) is 30.3 Å². The van der Waals surface area contributed by atoms with E-state index in [-0.39, 0.29) is 11.9 Å². The van der Waals surface area contributed by atoms with Crippen molar-refractivity contribution in [3.8, 4) is 5.75 Å². The molecule has 1 fully saturated rings. The highest BCUT2D eigenvalue weighted by Crippen LogP contribution is 2.35. The van der Waals surface area contributed by atoms with Crippen molar-refractivity contribution in [1.29, 1.82) is 0 Å². The largest absolute Gasteiger partial charge is 0.497 e. The maximum Gasteiger partial charge on any atom is 0.270 e. The van der Waals surface area contributed by atoms with Crippen LogP contribution in [0.5, 0.6) is 5.75 Å². The predicted molar refractivity (Wildman–Crippen MR) is 113 cm³/mol. The van der Waals surface area contributed by atoms with Gasteiger partial charge in [0.05, 0.1) is 13.2 Å². The second-order valence-corrected chi connectivity index (χ2v) is 7.91. The molecule has 0 unspecified atom stereocenters. The summed E-state index contributed by atoms with van der Waals surface area (Å²) in [6.07, 6.45) is 0.486. The molecule has 152 valence electrons. The Kier molecular flexibility index (Phi) is 5.06. The molecule has 2 heterocycles.